The summed E-state index contributed by atoms with van der Waals surface area (Å²) < 4.78 is 24.8. The molecule has 0 unspecified atom stereocenters. The third-order valence-corrected chi connectivity index (χ3v) is 2.89. The first-order valence-electron chi connectivity index (χ1n) is 5.91. The highest BCUT2D eigenvalue weighted by molar-refractivity contribution is 9.10. The third kappa shape index (κ3) is 5.12. The Labute approximate surface area is 139 Å². The first kappa shape index (κ1) is 19.2. The molecule has 2 rings (SSSR count). The maximum atomic E-state index is 12.4. The van der Waals surface area contributed by atoms with Gasteiger partial charge in [0.1, 0.15) is 0 Å². The Morgan fingerprint density at radius 2 is 1.67 bits per heavy atom. The Kier molecular flexibility index (Phi) is 6.11. The van der Waals surface area contributed by atoms with Crippen molar-refractivity contribution in [1.82, 2.24) is 19.9 Å². The van der Waals surface area contributed by atoms with Gasteiger partial charge in [-0.05, 0) is 15.9 Å². The lowest BCUT2D eigenvalue weighted by molar-refractivity contribution is -0.131. The van der Waals surface area contributed by atoms with Gasteiger partial charge in [-0.15, -0.1) is 0 Å². The van der Waals surface area contributed by atoms with E-state index in [0.717, 1.165) is 12.7 Å². The average molecular weight is 410 g/mol. The van der Waals surface area contributed by atoms with Crippen LogP contribution in [0.5, 0.6) is 11.8 Å². The van der Waals surface area contributed by atoms with Crippen LogP contribution in [0.15, 0.2) is 22.2 Å². The zero-order valence-corrected chi connectivity index (χ0v) is 13.2. The van der Waals surface area contributed by atoms with Crippen LogP contribution in [-0.4, -0.2) is 40.8 Å². The number of hydrogen-bond donors (Lipinski definition) is 5. The summed E-state index contributed by atoms with van der Waals surface area (Å²) in [5.41, 5.74) is 2.94. The lowest BCUT2D eigenvalue weighted by atomic mass is 10.1. The maximum absolute atomic E-state index is 12.4. The largest absolute Gasteiger partial charge is 0.493 e. The van der Waals surface area contributed by atoms with Crippen molar-refractivity contribution in [3.63, 3.8) is 0 Å². The number of aromatic nitrogens is 4. The number of carbonyl (C=O) groups is 1. The van der Waals surface area contributed by atoms with Gasteiger partial charge in [-0.1, -0.05) is 0 Å². The second-order valence-electron chi connectivity index (χ2n) is 4.10. The maximum Gasteiger partial charge on any atom is 0.358 e. The second kappa shape index (κ2) is 7.63. The Bertz CT molecular complexity index is 848. The van der Waals surface area contributed by atoms with Gasteiger partial charge in [0.2, 0.25) is 17.5 Å². The number of rotatable bonds is 3. The molecule has 0 amide bonds. The van der Waals surface area contributed by atoms with E-state index in [2.05, 4.69) is 19.9 Å². The molecule has 0 fully saturated rings. The first-order chi connectivity index (χ1) is 11.0. The molecule has 2 aromatic heterocycles. The Balaban J connectivity index is 0.000000272. The molecule has 0 saturated carbocycles. The molecule has 10 nitrogen and oxygen atoms in total. The number of H-pyrrole nitrogens is 2. The molecule has 0 aliphatic carbocycles. The molecule has 0 aliphatic heterocycles. The second-order valence-corrected chi connectivity index (χ2v) is 5.10. The van der Waals surface area contributed by atoms with E-state index in [4.69, 9.17) is 15.9 Å². The number of nitrogen functional groups attached to an aromatic ring is 1. The highest BCUT2D eigenvalue weighted by Crippen LogP contribution is 2.24. The Morgan fingerprint density at radius 1 is 1.17 bits per heavy atom. The van der Waals surface area contributed by atoms with E-state index in [1.54, 1.807) is 0 Å². The molecule has 0 aromatic carbocycles. The number of hydrogen-bond acceptors (Lipinski definition) is 8. The molecule has 2 aromatic rings. The van der Waals surface area contributed by atoms with Crippen LogP contribution >= 0.6 is 15.9 Å². The van der Waals surface area contributed by atoms with Gasteiger partial charge >= 0.3 is 4.83 Å². The molecule has 6 N–H and O–H groups in total. The number of Topliss-reactive ketones (excluding diaryl/α,β-unsaturated/α-hetero) is 1. The Morgan fingerprint density at radius 3 is 2.08 bits per heavy atom. The molecular formula is C11H10BrF2N5O5. The lowest BCUT2D eigenvalue weighted by Gasteiger charge is -2.06. The van der Waals surface area contributed by atoms with Crippen LogP contribution in [0.2, 0.25) is 0 Å². The van der Waals surface area contributed by atoms with Gasteiger partial charge in [0.15, 0.2) is 5.69 Å². The van der Waals surface area contributed by atoms with E-state index in [1.807, 2.05) is 15.9 Å². The minimum absolute atomic E-state index is 0.252. The van der Waals surface area contributed by atoms with Gasteiger partial charge in [-0.2, -0.15) is 8.78 Å². The number of nitrogens with one attached hydrogen (secondary N) is 2. The molecule has 0 atom stereocenters. The fourth-order valence-electron chi connectivity index (χ4n) is 1.24. The number of halogens is 3. The number of nitrogens with two attached hydrogens (primary N) is 1. The molecule has 0 aliphatic rings. The molecule has 0 spiro atoms. The van der Waals surface area contributed by atoms with Crippen LogP contribution in [0.3, 0.4) is 0 Å². The monoisotopic (exact) mass is 409 g/mol. The van der Waals surface area contributed by atoms with Crippen LogP contribution in [-0.2, 0) is 11.2 Å². The number of aromatic hydroxyl groups is 2. The highest BCUT2D eigenvalue weighted by Gasteiger charge is 2.35. The van der Waals surface area contributed by atoms with Crippen molar-refractivity contribution >= 4 is 27.4 Å². The number of carbonyl (C=O) groups excluding carboxylic acids is 1. The number of anilines is 1. The zero-order chi connectivity index (χ0) is 18.5. The predicted octanol–water partition coefficient (Wildman–Crippen LogP) is -0.368. The normalized spacial score (nSPS) is 10.6. The summed E-state index contributed by atoms with van der Waals surface area (Å²) in [5, 5.41) is 17.7. The zero-order valence-electron chi connectivity index (χ0n) is 11.6. The number of nitrogens with zero attached hydrogens (tertiary/aromatic N) is 2. The van der Waals surface area contributed by atoms with Crippen LogP contribution in [0.25, 0.3) is 0 Å². The van der Waals surface area contributed by atoms with Gasteiger partial charge in [-0.3, -0.25) is 14.4 Å². The van der Waals surface area contributed by atoms with Crippen molar-refractivity contribution in [2.24, 2.45) is 0 Å². The molecule has 0 saturated heterocycles. The summed E-state index contributed by atoms with van der Waals surface area (Å²) in [7, 11) is 0. The summed E-state index contributed by atoms with van der Waals surface area (Å²) in [6.45, 7) is 0. The van der Waals surface area contributed by atoms with Crippen LogP contribution < -0.4 is 16.9 Å². The van der Waals surface area contributed by atoms with Crippen molar-refractivity contribution in [2.45, 2.75) is 11.3 Å². The van der Waals surface area contributed by atoms with E-state index in [0.29, 0.717) is 0 Å². The minimum Gasteiger partial charge on any atom is -0.493 e. The molecule has 0 radical (unpaired) electrons. The predicted molar refractivity (Wildman–Crippen MR) is 80.0 cm³/mol. The van der Waals surface area contributed by atoms with Crippen molar-refractivity contribution in [2.75, 3.05) is 5.73 Å². The van der Waals surface area contributed by atoms with Gasteiger partial charge < -0.3 is 25.9 Å². The quantitative estimate of drug-likeness (QED) is 0.426. The topological polar surface area (TPSA) is 175 Å². The standard InChI is InChI=1S/C7H5BrF2N2O3.C4H5N3O2/c8-7(9,10)4(13)1-3-5(14)11-2-12-6(3)15;5-2-3(8)6-1-7-4(2)9/h2H,1H2,(H2,11,12,14,15);1H,5H2,(H2,6,7,8,9). The summed E-state index contributed by atoms with van der Waals surface area (Å²) in [6, 6.07) is 0. The van der Waals surface area contributed by atoms with Crippen LogP contribution in [0, 0.1) is 0 Å². The minimum atomic E-state index is -3.72. The molecule has 0 bridgehead atoms. The number of alkyl halides is 3. The van der Waals surface area contributed by atoms with Crippen molar-refractivity contribution in [3.8, 4) is 11.8 Å². The van der Waals surface area contributed by atoms with E-state index in [9.17, 15) is 23.2 Å². The molecule has 130 valence electrons. The SMILES string of the molecule is Nc1c(O)nc[nH]c1=O.O=C(Cc1c(O)nc[nH]c1=O)C(F)(F)Br. The highest BCUT2D eigenvalue weighted by atomic mass is 79.9. The molecule has 2 heterocycles. The van der Waals surface area contributed by atoms with Crippen molar-refractivity contribution in [3.05, 3.63) is 38.9 Å². The summed E-state index contributed by atoms with van der Waals surface area (Å²) in [4.78, 5) is 39.4. The molecule has 24 heavy (non-hydrogen) atoms. The lowest BCUT2D eigenvalue weighted by Crippen LogP contribution is -2.26. The van der Waals surface area contributed by atoms with Crippen LogP contribution in [0.4, 0.5) is 14.5 Å². The first-order valence-corrected chi connectivity index (χ1v) is 6.71. The number of ketones is 1. The van der Waals surface area contributed by atoms with Crippen molar-refractivity contribution in [1.29, 1.82) is 0 Å². The van der Waals surface area contributed by atoms with E-state index in [-0.39, 0.29) is 5.69 Å². The van der Waals surface area contributed by atoms with Gasteiger partial charge in [-0.25, -0.2) is 9.97 Å². The summed E-state index contributed by atoms with van der Waals surface area (Å²) in [6.07, 6.45) is 1.08. The summed E-state index contributed by atoms with van der Waals surface area (Å²) in [5.74, 6) is -2.70. The third-order valence-electron chi connectivity index (χ3n) is 2.45. The van der Waals surface area contributed by atoms with Gasteiger partial charge in [0.05, 0.1) is 18.2 Å². The fourth-order valence-corrected chi connectivity index (χ4v) is 1.38. The van der Waals surface area contributed by atoms with Crippen molar-refractivity contribution < 1.29 is 23.8 Å². The molecular weight excluding hydrogens is 400 g/mol. The van der Waals surface area contributed by atoms with E-state index in [1.165, 1.54) is 0 Å². The van der Waals surface area contributed by atoms with E-state index < -0.39 is 45.5 Å². The van der Waals surface area contributed by atoms with Gasteiger partial charge in [0.25, 0.3) is 11.1 Å². The fraction of sp³-hybridized carbons (Fsp3) is 0.182. The average Bonchev–Trinajstić information content (AvgIpc) is 2.48. The van der Waals surface area contributed by atoms with E-state index >= 15 is 0 Å². The Hall–Kier alpha value is -2.83. The summed E-state index contributed by atoms with van der Waals surface area (Å²) >= 11 is 1.85. The smallest absolute Gasteiger partial charge is 0.358 e. The van der Waals surface area contributed by atoms with Gasteiger partial charge in [0, 0.05) is 6.42 Å². The number of aromatic amines is 2. The molecule has 13 heteroatoms. The van der Waals surface area contributed by atoms with Crippen LogP contribution in [0.1, 0.15) is 5.56 Å².